The minimum absolute atomic E-state index is 0.161. The molecule has 2 rings (SSSR count). The van der Waals surface area contributed by atoms with Crippen molar-refractivity contribution in [2.24, 2.45) is 0 Å². The van der Waals surface area contributed by atoms with Crippen LogP contribution in [0.25, 0.3) is 0 Å². The van der Waals surface area contributed by atoms with E-state index in [1.54, 1.807) is 0 Å². The minimum atomic E-state index is -1.17. The lowest BCUT2D eigenvalue weighted by Gasteiger charge is -2.32. The van der Waals surface area contributed by atoms with Crippen molar-refractivity contribution in [3.8, 4) is 0 Å². The van der Waals surface area contributed by atoms with Gasteiger partial charge >= 0.3 is 5.97 Å². The molecule has 0 aliphatic carbocycles. The highest BCUT2D eigenvalue weighted by Gasteiger charge is 2.34. The van der Waals surface area contributed by atoms with Crippen LogP contribution in [-0.2, 0) is 4.79 Å². The second-order valence-electron chi connectivity index (χ2n) is 4.02. The number of carbonyl (C=O) groups excluding carboxylic acids is 1. The van der Waals surface area contributed by atoms with Crippen LogP contribution >= 0.6 is 11.8 Å². The van der Waals surface area contributed by atoms with Crippen molar-refractivity contribution in [1.29, 1.82) is 0 Å². The van der Waals surface area contributed by atoms with Crippen molar-refractivity contribution in [2.45, 2.75) is 6.04 Å². The van der Waals surface area contributed by atoms with E-state index in [-0.39, 0.29) is 12.3 Å². The van der Waals surface area contributed by atoms with Gasteiger partial charge in [0.2, 0.25) is 0 Å². The molecule has 1 amide bonds. The van der Waals surface area contributed by atoms with Gasteiger partial charge in [-0.15, -0.1) is 0 Å². The maximum Gasteiger partial charge on any atom is 0.327 e. The molecular weight excluding hydrogens is 276 g/mol. The Kier molecular flexibility index (Phi) is 4.04. The van der Waals surface area contributed by atoms with Crippen LogP contribution in [-0.4, -0.2) is 46.0 Å². The van der Waals surface area contributed by atoms with Crippen molar-refractivity contribution in [3.05, 3.63) is 35.4 Å². The Balaban J connectivity index is 2.34. The molecule has 19 heavy (non-hydrogen) atoms. The van der Waals surface area contributed by atoms with Crippen LogP contribution in [0.4, 0.5) is 8.78 Å². The third kappa shape index (κ3) is 2.70. The molecule has 1 aromatic rings. The number of amides is 1. The molecule has 0 spiro atoms. The quantitative estimate of drug-likeness (QED) is 0.898. The number of halogens is 2. The number of thioether (sulfide) groups is 1. The highest BCUT2D eigenvalue weighted by molar-refractivity contribution is 7.99. The second-order valence-corrected chi connectivity index (χ2v) is 5.17. The molecule has 1 aliphatic heterocycles. The van der Waals surface area contributed by atoms with Gasteiger partial charge in [0.1, 0.15) is 23.2 Å². The number of nitrogens with zero attached hydrogens (tertiary/aromatic N) is 1. The van der Waals surface area contributed by atoms with Crippen molar-refractivity contribution in [3.63, 3.8) is 0 Å². The number of carboxylic acids is 1. The summed E-state index contributed by atoms with van der Waals surface area (Å²) >= 11 is 1.39. The summed E-state index contributed by atoms with van der Waals surface area (Å²) in [5.41, 5.74) is -0.694. The predicted molar refractivity (Wildman–Crippen MR) is 66.1 cm³/mol. The van der Waals surface area contributed by atoms with Crippen LogP contribution < -0.4 is 0 Å². The Labute approximate surface area is 112 Å². The lowest BCUT2D eigenvalue weighted by Crippen LogP contribution is -2.50. The Bertz CT molecular complexity index is 503. The van der Waals surface area contributed by atoms with E-state index in [9.17, 15) is 18.4 Å². The Morgan fingerprint density at radius 3 is 2.53 bits per heavy atom. The molecule has 0 aromatic heterocycles. The number of rotatable bonds is 2. The molecule has 1 atom stereocenters. The van der Waals surface area contributed by atoms with E-state index in [1.165, 1.54) is 11.8 Å². The fourth-order valence-electron chi connectivity index (χ4n) is 1.90. The number of hydrogen-bond donors (Lipinski definition) is 1. The largest absolute Gasteiger partial charge is 0.480 e. The highest BCUT2D eigenvalue weighted by atomic mass is 32.2. The Morgan fingerprint density at radius 2 is 1.95 bits per heavy atom. The van der Waals surface area contributed by atoms with Crippen molar-refractivity contribution in [2.75, 3.05) is 18.1 Å². The average molecular weight is 287 g/mol. The monoisotopic (exact) mass is 287 g/mol. The summed E-state index contributed by atoms with van der Waals surface area (Å²) in [6.45, 7) is 0.161. The van der Waals surface area contributed by atoms with E-state index in [0.29, 0.717) is 5.75 Å². The number of carbonyl (C=O) groups is 2. The van der Waals surface area contributed by atoms with Crippen molar-refractivity contribution < 1.29 is 23.5 Å². The number of aliphatic carboxylic acids is 1. The molecule has 0 saturated carbocycles. The van der Waals surface area contributed by atoms with Gasteiger partial charge in [0.25, 0.3) is 5.91 Å². The van der Waals surface area contributed by atoms with Gasteiger partial charge in [-0.05, 0) is 12.1 Å². The molecule has 4 nitrogen and oxygen atoms in total. The highest BCUT2D eigenvalue weighted by Crippen LogP contribution is 2.22. The van der Waals surface area contributed by atoms with Gasteiger partial charge in [0.15, 0.2) is 0 Å². The molecule has 1 unspecified atom stereocenters. The fourth-order valence-corrected chi connectivity index (χ4v) is 2.94. The number of benzene rings is 1. The van der Waals surface area contributed by atoms with Crippen LogP contribution in [0.1, 0.15) is 10.4 Å². The second kappa shape index (κ2) is 5.56. The zero-order valence-corrected chi connectivity index (χ0v) is 10.6. The molecule has 1 aromatic carbocycles. The summed E-state index contributed by atoms with van der Waals surface area (Å²) in [7, 11) is 0. The van der Waals surface area contributed by atoms with Crippen LogP contribution in [0, 0.1) is 11.6 Å². The fraction of sp³-hybridized carbons (Fsp3) is 0.333. The normalized spacial score (nSPS) is 19.3. The topological polar surface area (TPSA) is 57.6 Å². The van der Waals surface area contributed by atoms with Crippen molar-refractivity contribution >= 4 is 23.6 Å². The number of carboxylic acid groups (broad SMARTS) is 1. The van der Waals surface area contributed by atoms with Gasteiger partial charge in [-0.1, -0.05) is 6.07 Å². The lowest BCUT2D eigenvalue weighted by atomic mass is 10.1. The third-order valence-corrected chi connectivity index (χ3v) is 3.87. The van der Waals surface area contributed by atoms with E-state index in [1.807, 2.05) is 0 Å². The first kappa shape index (κ1) is 13.8. The average Bonchev–Trinajstić information content (AvgIpc) is 2.38. The van der Waals surface area contributed by atoms with E-state index < -0.39 is 35.1 Å². The van der Waals surface area contributed by atoms with Gasteiger partial charge in [-0.2, -0.15) is 11.8 Å². The lowest BCUT2D eigenvalue weighted by molar-refractivity contribution is -0.141. The van der Waals surface area contributed by atoms with E-state index >= 15 is 0 Å². The first-order valence-corrected chi connectivity index (χ1v) is 6.73. The summed E-state index contributed by atoms with van der Waals surface area (Å²) in [5.74, 6) is -3.27. The minimum Gasteiger partial charge on any atom is -0.480 e. The van der Waals surface area contributed by atoms with Crippen LogP contribution in [0.5, 0.6) is 0 Å². The van der Waals surface area contributed by atoms with E-state index in [0.717, 1.165) is 23.1 Å². The van der Waals surface area contributed by atoms with E-state index in [4.69, 9.17) is 5.11 Å². The molecule has 1 heterocycles. The van der Waals surface area contributed by atoms with Gasteiger partial charge in [0, 0.05) is 18.1 Å². The first-order chi connectivity index (χ1) is 9.02. The predicted octanol–water partition coefficient (Wildman–Crippen LogP) is 1.61. The Hall–Kier alpha value is -1.63. The van der Waals surface area contributed by atoms with Crippen LogP contribution in [0.3, 0.4) is 0 Å². The summed E-state index contributed by atoms with van der Waals surface area (Å²) in [4.78, 5) is 24.2. The van der Waals surface area contributed by atoms with Gasteiger partial charge in [-0.25, -0.2) is 13.6 Å². The van der Waals surface area contributed by atoms with Gasteiger partial charge < -0.3 is 10.0 Å². The van der Waals surface area contributed by atoms with Gasteiger partial charge in [0.05, 0.1) is 0 Å². The summed E-state index contributed by atoms with van der Waals surface area (Å²) in [6, 6.07) is 2.06. The standard InChI is InChI=1S/C12H11F2NO3S/c13-7-2-1-3-8(14)10(7)11(16)15-4-5-19-6-9(15)12(17)18/h1-3,9H,4-6H2,(H,17,18). The molecular formula is C12H11F2NO3S. The SMILES string of the molecule is O=C(O)C1CSCCN1C(=O)c1c(F)cccc1F. The molecule has 7 heteroatoms. The number of hydrogen-bond acceptors (Lipinski definition) is 3. The van der Waals surface area contributed by atoms with Crippen LogP contribution in [0.2, 0.25) is 0 Å². The zero-order chi connectivity index (χ0) is 14.0. The van der Waals surface area contributed by atoms with Crippen LogP contribution in [0.15, 0.2) is 18.2 Å². The molecule has 1 fully saturated rings. The Morgan fingerprint density at radius 1 is 1.32 bits per heavy atom. The smallest absolute Gasteiger partial charge is 0.327 e. The summed E-state index contributed by atoms with van der Waals surface area (Å²) < 4.78 is 27.1. The van der Waals surface area contributed by atoms with Gasteiger partial charge in [-0.3, -0.25) is 4.79 Å². The first-order valence-electron chi connectivity index (χ1n) is 5.58. The van der Waals surface area contributed by atoms with Crippen molar-refractivity contribution in [1.82, 2.24) is 4.90 Å². The molecule has 1 aliphatic rings. The molecule has 1 N–H and O–H groups in total. The summed E-state index contributed by atoms with van der Waals surface area (Å²) in [6.07, 6.45) is 0. The van der Waals surface area contributed by atoms with E-state index in [2.05, 4.69) is 0 Å². The third-order valence-electron chi connectivity index (χ3n) is 2.85. The molecule has 0 bridgehead atoms. The molecule has 102 valence electrons. The zero-order valence-electron chi connectivity index (χ0n) is 9.81. The maximum atomic E-state index is 13.5. The summed E-state index contributed by atoms with van der Waals surface area (Å²) in [5, 5.41) is 9.05. The maximum absolute atomic E-state index is 13.5. The molecule has 0 radical (unpaired) electrons. The molecule has 1 saturated heterocycles.